The van der Waals surface area contributed by atoms with Crippen LogP contribution in [0.5, 0.6) is 0 Å². The van der Waals surface area contributed by atoms with E-state index in [1.54, 1.807) is 92.4 Å². The molecule has 6 rings (SSSR count). The highest BCUT2D eigenvalue weighted by molar-refractivity contribution is 6.12. The van der Waals surface area contributed by atoms with Gasteiger partial charge in [0.1, 0.15) is 5.76 Å². The highest BCUT2D eigenvalue weighted by Crippen LogP contribution is 2.31. The van der Waals surface area contributed by atoms with E-state index in [-0.39, 0.29) is 22.3 Å². The fourth-order valence-electron chi connectivity index (χ4n) is 5.07. The molecule has 43 heavy (non-hydrogen) atoms. The number of pyridine rings is 1. The van der Waals surface area contributed by atoms with Crippen molar-refractivity contribution in [3.05, 3.63) is 106 Å². The van der Waals surface area contributed by atoms with Crippen molar-refractivity contribution in [2.45, 2.75) is 13.8 Å². The van der Waals surface area contributed by atoms with Gasteiger partial charge in [-0.1, -0.05) is 30.3 Å². The minimum atomic E-state index is -2.68. The van der Waals surface area contributed by atoms with E-state index in [4.69, 9.17) is 8.64 Å². The maximum absolute atomic E-state index is 13.7. The van der Waals surface area contributed by atoms with Crippen molar-refractivity contribution in [2.24, 2.45) is 21.1 Å². The molecule has 11 heteroatoms. The summed E-state index contributed by atoms with van der Waals surface area (Å²) in [7, 11) is 3.26. The summed E-state index contributed by atoms with van der Waals surface area (Å²) in [5, 5.41) is 10.1. The fraction of sp³-hybridized carbons (Fsp3) is 0.156. The third-order valence-electron chi connectivity index (χ3n) is 7.06. The topological polar surface area (TPSA) is 129 Å². The fourth-order valence-corrected chi connectivity index (χ4v) is 5.07. The Balaban J connectivity index is 1.37. The van der Waals surface area contributed by atoms with Gasteiger partial charge in [-0.05, 0) is 55.3 Å². The second-order valence-electron chi connectivity index (χ2n) is 10.2. The maximum Gasteiger partial charge on any atom is 0.290 e. The first-order valence-corrected chi connectivity index (χ1v) is 13.3. The molecular weight excluding hydrogens is 546 g/mol. The Kier molecular flexibility index (Phi) is 5.90. The molecule has 0 spiro atoms. The van der Waals surface area contributed by atoms with Gasteiger partial charge in [-0.2, -0.15) is 9.84 Å². The van der Waals surface area contributed by atoms with Crippen molar-refractivity contribution in [2.75, 3.05) is 10.6 Å². The lowest BCUT2D eigenvalue weighted by Crippen LogP contribution is -2.17. The molecule has 6 aromatic rings. The SMILES string of the molecule is [2H]C([2H])([2H])n1c(-c2ccc(-c3c(C)on(C)c3=O)cc2)cc2cc(C)nc(C(=O)Nc3cccc(C(=O)Nc4ccn(C)n4)c3)c21. The molecule has 2 amide bonds. The third-order valence-corrected chi connectivity index (χ3v) is 7.06. The van der Waals surface area contributed by atoms with Crippen molar-refractivity contribution in [3.63, 3.8) is 0 Å². The lowest BCUT2D eigenvalue weighted by atomic mass is 10.0. The predicted molar refractivity (Wildman–Crippen MR) is 164 cm³/mol. The molecule has 0 atom stereocenters. The van der Waals surface area contributed by atoms with Crippen molar-refractivity contribution >= 4 is 34.2 Å². The van der Waals surface area contributed by atoms with Crippen LogP contribution < -0.4 is 16.2 Å². The summed E-state index contributed by atoms with van der Waals surface area (Å²) in [6.07, 6.45) is 1.70. The number of aromatic nitrogens is 5. The molecule has 0 radical (unpaired) electrons. The van der Waals surface area contributed by atoms with Crippen LogP contribution in [0.3, 0.4) is 0 Å². The standard InChI is InChI=1S/C32H29N7O4/c1-18-15-23-17-25(20-9-11-21(12-10-20)27-19(2)43-39(5)32(27)42)38(4)29(23)28(33-18)31(41)34-24-8-6-7-22(16-24)30(40)35-26-13-14-37(3)36-26/h6-17H,1-5H3,(H,34,41)(H,35,36,40)/i4D3. The molecule has 4 heterocycles. The molecule has 0 aliphatic rings. The van der Waals surface area contributed by atoms with Gasteiger partial charge in [0.2, 0.25) is 0 Å². The lowest BCUT2D eigenvalue weighted by Gasteiger charge is -2.11. The Morgan fingerprint density at radius 3 is 2.37 bits per heavy atom. The molecule has 0 saturated heterocycles. The van der Waals surface area contributed by atoms with Crippen molar-refractivity contribution in [1.29, 1.82) is 0 Å². The van der Waals surface area contributed by atoms with E-state index in [1.165, 1.54) is 13.1 Å². The van der Waals surface area contributed by atoms with Gasteiger partial charge in [0.25, 0.3) is 17.4 Å². The first-order valence-electron chi connectivity index (χ1n) is 14.8. The number of nitrogens with one attached hydrogen (secondary N) is 2. The second-order valence-corrected chi connectivity index (χ2v) is 10.2. The van der Waals surface area contributed by atoms with Gasteiger partial charge in [0.15, 0.2) is 11.5 Å². The van der Waals surface area contributed by atoms with Gasteiger partial charge in [-0.25, -0.2) is 4.98 Å². The first-order chi connectivity index (χ1) is 21.8. The molecule has 2 aromatic carbocycles. The van der Waals surface area contributed by atoms with Crippen molar-refractivity contribution in [1.82, 2.24) is 24.1 Å². The largest absolute Gasteiger partial charge is 0.381 e. The number of carbonyl (C=O) groups excluding carboxylic acids is 2. The molecule has 0 aliphatic heterocycles. The van der Waals surface area contributed by atoms with Gasteiger partial charge in [0.05, 0.1) is 11.1 Å². The van der Waals surface area contributed by atoms with Crippen molar-refractivity contribution < 1.29 is 18.2 Å². The van der Waals surface area contributed by atoms with Gasteiger partial charge in [-0.3, -0.25) is 19.1 Å². The molecule has 0 unspecified atom stereocenters. The lowest BCUT2D eigenvalue weighted by molar-refractivity contribution is 0.101. The number of anilines is 2. The highest BCUT2D eigenvalue weighted by atomic mass is 16.5. The summed E-state index contributed by atoms with van der Waals surface area (Å²) in [5.74, 6) is -0.215. The first kappa shape index (κ1) is 23.9. The molecule has 4 aromatic heterocycles. The summed E-state index contributed by atoms with van der Waals surface area (Å²) < 4.78 is 34.5. The zero-order chi connectivity index (χ0) is 32.9. The number of rotatable bonds is 6. The Morgan fingerprint density at radius 1 is 0.930 bits per heavy atom. The zero-order valence-corrected chi connectivity index (χ0v) is 23.8. The van der Waals surface area contributed by atoms with Gasteiger partial charge < -0.3 is 19.7 Å². The van der Waals surface area contributed by atoms with Gasteiger partial charge in [0, 0.05) is 65.5 Å². The number of hydrogen-bond donors (Lipinski definition) is 2. The van der Waals surface area contributed by atoms with Crippen molar-refractivity contribution in [3.8, 4) is 22.4 Å². The minimum Gasteiger partial charge on any atom is -0.381 e. The summed E-state index contributed by atoms with van der Waals surface area (Å²) in [6, 6.07) is 18.3. The number of carbonyl (C=O) groups is 2. The predicted octanol–water partition coefficient (Wildman–Crippen LogP) is 5.05. The van der Waals surface area contributed by atoms with Crippen LogP contribution in [0.4, 0.5) is 11.5 Å². The van der Waals surface area contributed by atoms with E-state index in [2.05, 4.69) is 20.7 Å². The summed E-state index contributed by atoms with van der Waals surface area (Å²) >= 11 is 0. The van der Waals surface area contributed by atoms with E-state index in [0.717, 1.165) is 9.31 Å². The Labute approximate surface area is 250 Å². The number of nitrogens with zero attached hydrogens (tertiary/aromatic N) is 5. The van der Waals surface area contributed by atoms with Crippen LogP contribution in [0.2, 0.25) is 0 Å². The zero-order valence-electron chi connectivity index (χ0n) is 26.8. The summed E-state index contributed by atoms with van der Waals surface area (Å²) in [4.78, 5) is 43.5. The number of benzene rings is 2. The monoisotopic (exact) mass is 578 g/mol. The van der Waals surface area contributed by atoms with E-state index >= 15 is 0 Å². The quantitative estimate of drug-likeness (QED) is 0.285. The number of hydrogen-bond acceptors (Lipinski definition) is 6. The van der Waals surface area contributed by atoms with Gasteiger partial charge >= 0.3 is 0 Å². The summed E-state index contributed by atoms with van der Waals surface area (Å²) in [6.45, 7) is 0.738. The van der Waals surface area contributed by atoms with Crippen LogP contribution in [0.15, 0.2) is 82.2 Å². The van der Waals surface area contributed by atoms with E-state index in [1.807, 2.05) is 0 Å². The number of amides is 2. The number of aryl methyl sites for hydroxylation is 5. The van der Waals surface area contributed by atoms with Gasteiger partial charge in [-0.15, -0.1) is 0 Å². The Morgan fingerprint density at radius 2 is 1.70 bits per heavy atom. The average Bonchev–Trinajstić information content (AvgIpc) is 3.66. The Bertz CT molecular complexity index is 2210. The normalized spacial score (nSPS) is 12.5. The van der Waals surface area contributed by atoms with Crippen LogP contribution in [-0.2, 0) is 21.1 Å². The molecule has 2 N–H and O–H groups in total. The van der Waals surface area contributed by atoms with E-state index in [9.17, 15) is 14.4 Å². The molecule has 0 fully saturated rings. The van der Waals surface area contributed by atoms with E-state index < -0.39 is 18.8 Å². The van der Waals surface area contributed by atoms with E-state index in [0.29, 0.717) is 50.7 Å². The molecule has 216 valence electrons. The summed E-state index contributed by atoms with van der Waals surface area (Å²) in [5.41, 5.74) is 2.82. The third kappa shape index (κ3) is 5.12. The Hall–Kier alpha value is -5.71. The smallest absolute Gasteiger partial charge is 0.290 e. The van der Waals surface area contributed by atoms with Crippen LogP contribution in [0, 0.1) is 13.8 Å². The highest BCUT2D eigenvalue weighted by Gasteiger charge is 2.20. The molecular formula is C32H29N7O4. The van der Waals surface area contributed by atoms with Crippen LogP contribution in [0.1, 0.15) is 36.4 Å². The molecule has 0 saturated carbocycles. The molecule has 0 aliphatic carbocycles. The molecule has 11 nitrogen and oxygen atoms in total. The molecule has 0 bridgehead atoms. The van der Waals surface area contributed by atoms with Crippen LogP contribution in [-0.4, -0.2) is 35.9 Å². The number of fused-ring (bicyclic) bond motifs is 1. The van der Waals surface area contributed by atoms with Crippen LogP contribution >= 0.6 is 0 Å². The average molecular weight is 579 g/mol. The minimum absolute atomic E-state index is 0.0881. The van der Waals surface area contributed by atoms with Crippen LogP contribution in [0.25, 0.3) is 33.3 Å². The maximum atomic E-state index is 13.7. The second kappa shape index (κ2) is 10.6.